The second kappa shape index (κ2) is 7.37. The number of hydrogen-bond acceptors (Lipinski definition) is 3. The van der Waals surface area contributed by atoms with Crippen LogP contribution in [0.4, 0.5) is 5.00 Å². The van der Waals surface area contributed by atoms with Gasteiger partial charge in [-0.3, -0.25) is 4.79 Å². The fourth-order valence-electron chi connectivity index (χ4n) is 3.33. The van der Waals surface area contributed by atoms with Crippen molar-refractivity contribution >= 4 is 22.2 Å². The van der Waals surface area contributed by atoms with E-state index < -0.39 is 0 Å². The first-order chi connectivity index (χ1) is 12.0. The molecule has 25 heavy (non-hydrogen) atoms. The normalized spacial score (nSPS) is 16.2. The van der Waals surface area contributed by atoms with Crippen LogP contribution in [-0.2, 0) is 30.6 Å². The third-order valence-corrected chi connectivity index (χ3v) is 6.08. The van der Waals surface area contributed by atoms with Crippen LogP contribution < -0.4 is 9.88 Å². The Morgan fingerprint density at radius 3 is 3.00 bits per heavy atom. The highest BCUT2D eigenvalue weighted by atomic mass is 32.1. The average molecular weight is 354 g/mol. The van der Waals surface area contributed by atoms with Gasteiger partial charge in [-0.15, -0.1) is 11.3 Å². The van der Waals surface area contributed by atoms with E-state index in [-0.39, 0.29) is 12.5 Å². The van der Waals surface area contributed by atoms with Crippen LogP contribution in [0.5, 0.6) is 0 Å². The van der Waals surface area contributed by atoms with Gasteiger partial charge in [0.05, 0.1) is 5.56 Å². The molecule has 0 radical (unpaired) electrons. The predicted octanol–water partition coefficient (Wildman–Crippen LogP) is 3.54. The minimum Gasteiger partial charge on any atom is -0.311 e. The molecule has 0 bridgehead atoms. The lowest BCUT2D eigenvalue weighted by molar-refractivity contribution is -0.690. The van der Waals surface area contributed by atoms with Crippen LogP contribution in [0.15, 0.2) is 18.3 Å². The molecule has 0 fully saturated rings. The maximum absolute atomic E-state index is 12.5. The highest BCUT2D eigenvalue weighted by Gasteiger charge is 2.25. The first kappa shape index (κ1) is 17.6. The van der Waals surface area contributed by atoms with Gasteiger partial charge in [0.1, 0.15) is 11.1 Å². The summed E-state index contributed by atoms with van der Waals surface area (Å²) < 4.78 is 1.97. The quantitative estimate of drug-likeness (QED) is 0.854. The SMILES string of the molecule is CCc1ccc(C)[n+](CC(=O)Nc2sc3c(c2C#N)CC[C@H](C)C3)c1. The van der Waals surface area contributed by atoms with E-state index in [1.165, 1.54) is 10.4 Å². The molecule has 0 aliphatic heterocycles. The molecule has 130 valence electrons. The monoisotopic (exact) mass is 354 g/mol. The zero-order valence-electron chi connectivity index (χ0n) is 15.1. The van der Waals surface area contributed by atoms with Gasteiger partial charge in [-0.25, -0.2) is 0 Å². The summed E-state index contributed by atoms with van der Waals surface area (Å²) in [5.74, 6) is 0.570. The molecule has 2 heterocycles. The smallest absolute Gasteiger partial charge is 0.290 e. The van der Waals surface area contributed by atoms with Crippen molar-refractivity contribution in [2.75, 3.05) is 5.32 Å². The van der Waals surface area contributed by atoms with Crippen molar-refractivity contribution in [3.63, 3.8) is 0 Å². The summed E-state index contributed by atoms with van der Waals surface area (Å²) in [6, 6.07) is 6.44. The van der Waals surface area contributed by atoms with Gasteiger partial charge in [0.2, 0.25) is 6.54 Å². The highest BCUT2D eigenvalue weighted by molar-refractivity contribution is 7.16. The fraction of sp³-hybridized carbons (Fsp3) is 0.450. The molecule has 5 heteroatoms. The number of nitrogens with zero attached hydrogens (tertiary/aromatic N) is 2. The molecule has 1 amide bonds. The maximum atomic E-state index is 12.5. The molecule has 1 N–H and O–H groups in total. The summed E-state index contributed by atoms with van der Waals surface area (Å²) in [5, 5.41) is 13.2. The fourth-order valence-corrected chi connectivity index (χ4v) is 4.70. The minimum absolute atomic E-state index is 0.0792. The first-order valence-electron chi connectivity index (χ1n) is 8.85. The van der Waals surface area contributed by atoms with Gasteiger partial charge in [0.15, 0.2) is 11.9 Å². The van der Waals surface area contributed by atoms with E-state index in [4.69, 9.17) is 0 Å². The lowest BCUT2D eigenvalue weighted by Crippen LogP contribution is -2.43. The van der Waals surface area contributed by atoms with Gasteiger partial charge in [-0.1, -0.05) is 13.8 Å². The number of thiophene rings is 1. The zero-order chi connectivity index (χ0) is 18.0. The number of aromatic nitrogens is 1. The number of rotatable bonds is 4. The van der Waals surface area contributed by atoms with E-state index in [0.29, 0.717) is 11.5 Å². The van der Waals surface area contributed by atoms with Crippen LogP contribution in [0.25, 0.3) is 0 Å². The van der Waals surface area contributed by atoms with E-state index in [1.54, 1.807) is 11.3 Å². The van der Waals surface area contributed by atoms with Gasteiger partial charge >= 0.3 is 0 Å². The van der Waals surface area contributed by atoms with Crippen LogP contribution in [0, 0.1) is 24.2 Å². The molecule has 0 aromatic carbocycles. The summed E-state index contributed by atoms with van der Waals surface area (Å²) in [4.78, 5) is 13.8. The van der Waals surface area contributed by atoms with E-state index in [0.717, 1.165) is 41.9 Å². The largest absolute Gasteiger partial charge is 0.311 e. The predicted molar refractivity (Wildman–Crippen MR) is 99.6 cm³/mol. The van der Waals surface area contributed by atoms with Crippen LogP contribution in [0.3, 0.4) is 0 Å². The number of pyridine rings is 1. The number of fused-ring (bicyclic) bond motifs is 1. The molecule has 0 unspecified atom stereocenters. The lowest BCUT2D eigenvalue weighted by atomic mass is 9.89. The number of carbonyl (C=O) groups is 1. The molecular weight excluding hydrogens is 330 g/mol. The van der Waals surface area contributed by atoms with Crippen LogP contribution >= 0.6 is 11.3 Å². The van der Waals surface area contributed by atoms with Crippen molar-refractivity contribution in [2.24, 2.45) is 5.92 Å². The van der Waals surface area contributed by atoms with Crippen molar-refractivity contribution in [3.05, 3.63) is 45.6 Å². The van der Waals surface area contributed by atoms with Crippen molar-refractivity contribution in [3.8, 4) is 6.07 Å². The third-order valence-electron chi connectivity index (χ3n) is 4.91. The second-order valence-corrected chi connectivity index (χ2v) is 7.98. The Balaban J connectivity index is 1.79. The standard InChI is InChI=1S/C20H23N3OS/c1-4-15-7-6-14(3)23(11-15)12-19(24)22-20-17(10-21)16-8-5-13(2)9-18(16)25-20/h6-7,11,13H,4-5,8-9,12H2,1-3H3/p+1/t13-/m0/s1. The minimum atomic E-state index is -0.0792. The molecule has 1 atom stereocenters. The topological polar surface area (TPSA) is 56.8 Å². The van der Waals surface area contributed by atoms with Crippen molar-refractivity contribution in [1.82, 2.24) is 0 Å². The van der Waals surface area contributed by atoms with E-state index in [1.807, 2.05) is 23.8 Å². The van der Waals surface area contributed by atoms with Gasteiger partial charge in [-0.2, -0.15) is 9.83 Å². The molecule has 4 nitrogen and oxygen atoms in total. The molecule has 0 spiro atoms. The third kappa shape index (κ3) is 3.74. The number of anilines is 1. The number of carbonyl (C=O) groups excluding carboxylic acids is 1. The van der Waals surface area contributed by atoms with Crippen molar-refractivity contribution in [2.45, 2.75) is 53.0 Å². The Morgan fingerprint density at radius 1 is 1.48 bits per heavy atom. The van der Waals surface area contributed by atoms with Crippen LogP contribution in [0.1, 0.15) is 47.5 Å². The summed E-state index contributed by atoms with van der Waals surface area (Å²) in [5.41, 5.74) is 4.07. The van der Waals surface area contributed by atoms with E-state index in [9.17, 15) is 10.1 Å². The molecule has 0 saturated heterocycles. The van der Waals surface area contributed by atoms with Crippen molar-refractivity contribution in [1.29, 1.82) is 5.26 Å². The van der Waals surface area contributed by atoms with E-state index in [2.05, 4.69) is 31.3 Å². The Morgan fingerprint density at radius 2 is 2.28 bits per heavy atom. The molecule has 3 rings (SSSR count). The Labute approximate surface area is 153 Å². The van der Waals surface area contributed by atoms with Gasteiger partial charge < -0.3 is 5.32 Å². The lowest BCUT2D eigenvalue weighted by Gasteiger charge is -2.17. The van der Waals surface area contributed by atoms with Gasteiger partial charge in [-0.05, 0) is 43.2 Å². The summed E-state index contributed by atoms with van der Waals surface area (Å²) in [6.45, 7) is 6.61. The number of aryl methyl sites for hydroxylation is 2. The summed E-state index contributed by atoms with van der Waals surface area (Å²) in [6.07, 6.45) is 6.04. The molecule has 1 aliphatic carbocycles. The highest BCUT2D eigenvalue weighted by Crippen LogP contribution is 2.39. The summed E-state index contributed by atoms with van der Waals surface area (Å²) in [7, 11) is 0. The molecule has 1 aliphatic rings. The Kier molecular flexibility index (Phi) is 5.19. The number of hydrogen-bond donors (Lipinski definition) is 1. The van der Waals surface area contributed by atoms with E-state index >= 15 is 0 Å². The van der Waals surface area contributed by atoms with Crippen molar-refractivity contribution < 1.29 is 9.36 Å². The first-order valence-corrected chi connectivity index (χ1v) is 9.67. The molecule has 2 aromatic rings. The molecule has 2 aromatic heterocycles. The van der Waals surface area contributed by atoms with Crippen LogP contribution in [-0.4, -0.2) is 5.91 Å². The maximum Gasteiger partial charge on any atom is 0.290 e. The Bertz CT molecular complexity index is 847. The van der Waals surface area contributed by atoms with Gasteiger partial charge in [0.25, 0.3) is 5.91 Å². The average Bonchev–Trinajstić information content (AvgIpc) is 2.92. The number of nitriles is 1. The molecular formula is C20H24N3OS+. The summed E-state index contributed by atoms with van der Waals surface area (Å²) >= 11 is 1.58. The zero-order valence-corrected chi connectivity index (χ0v) is 15.9. The Hall–Kier alpha value is -2.19. The molecule has 0 saturated carbocycles. The van der Waals surface area contributed by atoms with Crippen LogP contribution in [0.2, 0.25) is 0 Å². The number of amides is 1. The van der Waals surface area contributed by atoms with Gasteiger partial charge in [0, 0.05) is 23.4 Å². The second-order valence-electron chi connectivity index (χ2n) is 6.88. The number of nitrogens with one attached hydrogen (secondary N) is 1.